The molecule has 10 aromatic carbocycles. The summed E-state index contributed by atoms with van der Waals surface area (Å²) in [6.07, 6.45) is 36.9. The van der Waals surface area contributed by atoms with Crippen LogP contribution in [-0.2, 0) is 0 Å². The number of nitrogens with zero attached hydrogens (tertiary/aromatic N) is 2. The first-order chi connectivity index (χ1) is 39.6. The molecule has 1 atom stereocenters. The van der Waals surface area contributed by atoms with Gasteiger partial charge in [0, 0.05) is 40.6 Å². The summed E-state index contributed by atoms with van der Waals surface area (Å²) in [5.41, 5.74) is 17.4. The van der Waals surface area contributed by atoms with E-state index in [0.717, 1.165) is 65.3 Å². The molecule has 0 spiro atoms. The molecule has 0 saturated heterocycles. The zero-order valence-electron chi connectivity index (χ0n) is 44.8. The van der Waals surface area contributed by atoms with Crippen LogP contribution in [0, 0.1) is 5.92 Å². The largest absolute Gasteiger partial charge is 0.321 e. The quantitative estimate of drug-likeness (QED) is 0.119. The molecule has 4 aliphatic rings. The molecule has 10 aromatic rings. The zero-order valence-corrected chi connectivity index (χ0v) is 44.8. The highest BCUT2D eigenvalue weighted by molar-refractivity contribution is 6.20. The summed E-state index contributed by atoms with van der Waals surface area (Å²) >= 11 is 0. The van der Waals surface area contributed by atoms with Crippen molar-refractivity contribution in [1.29, 1.82) is 0 Å². The van der Waals surface area contributed by atoms with E-state index >= 15 is 0 Å². The smallest absolute Gasteiger partial charge is 0.0468 e. The molecule has 80 heavy (non-hydrogen) atoms. The van der Waals surface area contributed by atoms with Crippen LogP contribution in [0.4, 0.5) is 22.7 Å². The van der Waals surface area contributed by atoms with Gasteiger partial charge in [-0.2, -0.15) is 0 Å². The number of benzene rings is 10. The van der Waals surface area contributed by atoms with Crippen LogP contribution in [-0.4, -0.2) is 0 Å². The zero-order chi connectivity index (χ0) is 53.4. The first kappa shape index (κ1) is 48.6. The van der Waals surface area contributed by atoms with E-state index in [4.69, 9.17) is 0 Å². The molecule has 2 heteroatoms. The van der Waals surface area contributed by atoms with E-state index in [9.17, 15) is 0 Å². The van der Waals surface area contributed by atoms with Crippen LogP contribution in [0.25, 0.3) is 83.6 Å². The fourth-order valence-electron chi connectivity index (χ4n) is 12.6. The molecule has 0 bridgehead atoms. The standard InChI is InChI=1S/C78H60N2/c1-54-17-8-9-18-55(54)29-16-48-79(68-41-38-58-23-10-13-26-65(58)49-68)69-44-46-73-75(52-69)77(63-34-30-61(31-35-63)56-19-4-2-5-20-56)74-47-45-72(53-76(74)78(73)64-36-32-62(33-37-64)57-21-6-3-7-22-57)80(70-42-39-59-24-11-14-27-66(59)50-70)71-43-40-60-25-12-15-28-67(60)51-71/h2-6,8-21,23-32,34-36,38-48,50-53,65H,1,7,22,33,37,49H2. The average molecular weight is 1030 g/mol. The van der Waals surface area contributed by atoms with Crippen molar-refractivity contribution in [2.45, 2.75) is 32.1 Å². The van der Waals surface area contributed by atoms with Gasteiger partial charge in [0.2, 0.25) is 0 Å². The monoisotopic (exact) mass is 1020 g/mol. The summed E-state index contributed by atoms with van der Waals surface area (Å²) in [6.45, 7) is 4.35. The Balaban J connectivity index is 1.03. The Morgan fingerprint density at radius 1 is 0.438 bits per heavy atom. The van der Waals surface area contributed by atoms with Crippen molar-refractivity contribution in [3.63, 3.8) is 0 Å². The van der Waals surface area contributed by atoms with Crippen molar-refractivity contribution in [2.75, 3.05) is 9.80 Å². The summed E-state index contributed by atoms with van der Waals surface area (Å²) in [5, 5.41) is 11.9. The molecule has 2 nitrogen and oxygen atoms in total. The van der Waals surface area contributed by atoms with E-state index in [2.05, 4.69) is 302 Å². The van der Waals surface area contributed by atoms with Crippen LogP contribution in [0.5, 0.6) is 0 Å². The third-order valence-electron chi connectivity index (χ3n) is 16.7. The number of allylic oxidation sites excluding steroid dienone is 17. The maximum Gasteiger partial charge on any atom is 0.0468 e. The summed E-state index contributed by atoms with van der Waals surface area (Å²) < 4.78 is 0. The van der Waals surface area contributed by atoms with E-state index in [0.29, 0.717) is 5.92 Å². The third-order valence-corrected chi connectivity index (χ3v) is 16.7. The van der Waals surface area contributed by atoms with Gasteiger partial charge in [-0.05, 0) is 196 Å². The second-order valence-corrected chi connectivity index (χ2v) is 21.6. The van der Waals surface area contributed by atoms with Crippen molar-refractivity contribution >= 4 is 84.1 Å². The second-order valence-electron chi connectivity index (χ2n) is 21.6. The number of fused-ring (bicyclic) bond motifs is 5. The Labute approximate surface area is 469 Å². The highest BCUT2D eigenvalue weighted by Gasteiger charge is 2.26. The topological polar surface area (TPSA) is 6.48 Å². The van der Waals surface area contributed by atoms with Crippen molar-refractivity contribution in [3.8, 4) is 22.3 Å². The maximum absolute atomic E-state index is 4.35. The molecule has 14 rings (SSSR count). The van der Waals surface area contributed by atoms with Crippen LogP contribution in [0.3, 0.4) is 0 Å². The molecule has 0 amide bonds. The van der Waals surface area contributed by atoms with Gasteiger partial charge in [0.1, 0.15) is 0 Å². The molecular formula is C78H60N2. The molecular weight excluding hydrogens is 965 g/mol. The predicted molar refractivity (Wildman–Crippen MR) is 344 cm³/mol. The first-order valence-electron chi connectivity index (χ1n) is 28.3. The number of anilines is 4. The maximum atomic E-state index is 4.35. The van der Waals surface area contributed by atoms with Gasteiger partial charge in [-0.1, -0.05) is 225 Å². The lowest BCUT2D eigenvalue weighted by atomic mass is 9.81. The first-order valence-corrected chi connectivity index (χ1v) is 28.3. The molecule has 0 N–H and O–H groups in total. The fourth-order valence-corrected chi connectivity index (χ4v) is 12.6. The van der Waals surface area contributed by atoms with Gasteiger partial charge >= 0.3 is 0 Å². The minimum Gasteiger partial charge on any atom is -0.321 e. The van der Waals surface area contributed by atoms with Crippen LogP contribution in [0.15, 0.2) is 302 Å². The van der Waals surface area contributed by atoms with Crippen molar-refractivity contribution in [1.82, 2.24) is 0 Å². The molecule has 0 saturated carbocycles. The average Bonchev–Trinajstić information content (AvgIpc) is 3.71. The summed E-state index contributed by atoms with van der Waals surface area (Å²) in [6, 6.07) is 74.1. The molecule has 0 fully saturated rings. The van der Waals surface area contributed by atoms with Gasteiger partial charge in [0.25, 0.3) is 0 Å². The Morgan fingerprint density at radius 3 is 1.76 bits per heavy atom. The van der Waals surface area contributed by atoms with E-state index in [1.54, 1.807) is 0 Å². The molecule has 0 aliphatic heterocycles. The minimum absolute atomic E-state index is 0.310. The Kier molecular flexibility index (Phi) is 12.9. The van der Waals surface area contributed by atoms with E-state index in [-0.39, 0.29) is 0 Å². The molecule has 0 radical (unpaired) electrons. The van der Waals surface area contributed by atoms with Crippen molar-refractivity contribution < 1.29 is 0 Å². The molecule has 4 aliphatic carbocycles. The summed E-state index contributed by atoms with van der Waals surface area (Å²) in [5.74, 6) is 0.310. The Bertz CT molecular complexity index is 4430. The highest BCUT2D eigenvalue weighted by atomic mass is 15.1. The minimum atomic E-state index is 0.310. The van der Waals surface area contributed by atoms with Crippen LogP contribution in [0.1, 0.15) is 37.7 Å². The van der Waals surface area contributed by atoms with Crippen molar-refractivity contribution in [2.24, 2.45) is 5.92 Å². The third kappa shape index (κ3) is 9.39. The van der Waals surface area contributed by atoms with Gasteiger partial charge in [-0.25, -0.2) is 0 Å². The van der Waals surface area contributed by atoms with Gasteiger partial charge in [0.15, 0.2) is 0 Å². The van der Waals surface area contributed by atoms with Crippen LogP contribution in [0.2, 0.25) is 0 Å². The van der Waals surface area contributed by atoms with E-state index in [1.807, 2.05) is 0 Å². The number of hydrogen-bond acceptors (Lipinski definition) is 2. The lowest BCUT2D eigenvalue weighted by Gasteiger charge is -2.31. The number of hydrogen-bond donors (Lipinski definition) is 0. The van der Waals surface area contributed by atoms with Gasteiger partial charge in [-0.15, -0.1) is 0 Å². The van der Waals surface area contributed by atoms with Crippen LogP contribution >= 0.6 is 0 Å². The Morgan fingerprint density at radius 2 is 1.04 bits per heavy atom. The predicted octanol–water partition coefficient (Wildman–Crippen LogP) is 19.7. The van der Waals surface area contributed by atoms with E-state index < -0.39 is 0 Å². The lowest BCUT2D eigenvalue weighted by molar-refractivity contribution is 0.731. The lowest BCUT2D eigenvalue weighted by Crippen LogP contribution is -2.22. The van der Waals surface area contributed by atoms with E-state index in [1.165, 1.54) is 98.9 Å². The molecule has 382 valence electrons. The van der Waals surface area contributed by atoms with Gasteiger partial charge in [-0.3, -0.25) is 0 Å². The number of rotatable bonds is 11. The molecule has 1 unspecified atom stereocenters. The molecule has 0 aromatic heterocycles. The Hall–Kier alpha value is -9.76. The van der Waals surface area contributed by atoms with Gasteiger partial charge < -0.3 is 9.80 Å². The van der Waals surface area contributed by atoms with Crippen molar-refractivity contribution in [3.05, 3.63) is 318 Å². The summed E-state index contributed by atoms with van der Waals surface area (Å²) in [7, 11) is 0. The summed E-state index contributed by atoms with van der Waals surface area (Å²) in [4.78, 5) is 4.88. The van der Waals surface area contributed by atoms with Gasteiger partial charge in [0.05, 0.1) is 0 Å². The van der Waals surface area contributed by atoms with Crippen LogP contribution < -0.4 is 20.2 Å². The highest BCUT2D eigenvalue weighted by Crippen LogP contribution is 2.49. The molecule has 0 heterocycles. The normalized spacial score (nSPS) is 16.2. The second kappa shape index (κ2) is 21.2. The fraction of sp³-hybridized carbons (Fsp3) is 0.0769. The SMILES string of the molecule is C=c1ccccc1=CC=CN(C1=CC=C2C=CC=CC2C1)c1ccc2c(C3=CC=C(C4=CC=CCC4)CC3)c3cc(N(c4ccc5ccccc5c4)c4ccc5ccccc5c4)ccc3c(-c3ccc(-c4ccccc4)cc3)c2c1.